The molecule has 0 saturated carbocycles. The number of hydrogen-bond donors (Lipinski definition) is 0. The molecule has 0 N–H and O–H groups in total. The molecular weight excluding hydrogens is 590 g/mol. The van der Waals surface area contributed by atoms with Crippen molar-refractivity contribution in [2.24, 2.45) is 0 Å². The van der Waals surface area contributed by atoms with Crippen LogP contribution < -0.4 is 9.68 Å². The highest BCUT2D eigenvalue weighted by Gasteiger charge is 2.32. The number of thiocarbonyl (C=S) groups is 1. The number of ether oxygens (including phenoxy) is 1. The Bertz CT molecular complexity index is 1540. The summed E-state index contributed by atoms with van der Waals surface area (Å²) >= 11 is 12.4. The van der Waals surface area contributed by atoms with Gasteiger partial charge in [0.25, 0.3) is 5.91 Å². The second-order valence-corrected chi connectivity index (χ2v) is 11.9. The molecular formula is C24H14BrNO5S4. The zero-order valence-electron chi connectivity index (χ0n) is 17.7. The predicted molar refractivity (Wildman–Crippen MR) is 148 cm³/mol. The van der Waals surface area contributed by atoms with Gasteiger partial charge in [-0.1, -0.05) is 69.4 Å². The molecule has 3 heterocycles. The SMILES string of the molecule is O=C(CCN1C(=O)C(=Cc2cccs2)SC1=S)Oc1cc(-c2ccc(Br)cc2)c2oc(=O)sc2c1. The van der Waals surface area contributed by atoms with Crippen molar-refractivity contribution in [1.29, 1.82) is 0 Å². The number of thioether (sulfide) groups is 1. The van der Waals surface area contributed by atoms with Crippen molar-refractivity contribution in [3.05, 3.63) is 77.9 Å². The molecule has 1 saturated heterocycles. The van der Waals surface area contributed by atoms with Crippen LogP contribution in [0.5, 0.6) is 5.75 Å². The number of carbonyl (C=O) groups is 2. The number of hydrogen-bond acceptors (Lipinski definition) is 9. The number of benzene rings is 2. The maximum Gasteiger partial charge on any atom is 0.396 e. The highest BCUT2D eigenvalue weighted by Crippen LogP contribution is 2.36. The number of fused-ring (bicyclic) bond motifs is 1. The van der Waals surface area contributed by atoms with Crippen molar-refractivity contribution in [2.75, 3.05) is 6.54 Å². The summed E-state index contributed by atoms with van der Waals surface area (Å²) in [7, 11) is 0. The number of thiophene rings is 1. The summed E-state index contributed by atoms with van der Waals surface area (Å²) in [5.74, 6) is -0.443. The maximum absolute atomic E-state index is 12.7. The van der Waals surface area contributed by atoms with E-state index >= 15 is 0 Å². The third-order valence-electron chi connectivity index (χ3n) is 5.02. The first-order valence-corrected chi connectivity index (χ1v) is 13.9. The van der Waals surface area contributed by atoms with Crippen molar-refractivity contribution >= 4 is 95.1 Å². The van der Waals surface area contributed by atoms with Crippen LogP contribution in [0, 0.1) is 0 Å². The van der Waals surface area contributed by atoms with Crippen LogP contribution in [0.1, 0.15) is 11.3 Å². The third kappa shape index (κ3) is 5.34. The molecule has 5 rings (SSSR count). The summed E-state index contributed by atoms with van der Waals surface area (Å²) in [6.07, 6.45) is 1.77. The van der Waals surface area contributed by atoms with Gasteiger partial charge in [-0.2, -0.15) is 0 Å². The summed E-state index contributed by atoms with van der Waals surface area (Å²) in [5.41, 5.74) is 1.90. The molecule has 0 atom stereocenters. The fourth-order valence-corrected chi connectivity index (χ4v) is 6.46. The lowest BCUT2D eigenvalue weighted by atomic mass is 10.0. The Morgan fingerprint density at radius 1 is 1.17 bits per heavy atom. The molecule has 6 nitrogen and oxygen atoms in total. The monoisotopic (exact) mass is 603 g/mol. The molecule has 0 bridgehead atoms. The van der Waals surface area contributed by atoms with Crippen molar-refractivity contribution in [2.45, 2.75) is 6.42 Å². The molecule has 0 spiro atoms. The van der Waals surface area contributed by atoms with Crippen LogP contribution in [-0.4, -0.2) is 27.6 Å². The van der Waals surface area contributed by atoms with Crippen LogP contribution in [0.2, 0.25) is 0 Å². The van der Waals surface area contributed by atoms with Crippen LogP contribution in [0.4, 0.5) is 0 Å². The van der Waals surface area contributed by atoms with Crippen molar-refractivity contribution in [3.8, 4) is 16.9 Å². The van der Waals surface area contributed by atoms with Gasteiger partial charge in [-0.05, 0) is 41.3 Å². The van der Waals surface area contributed by atoms with E-state index in [1.807, 2.05) is 41.8 Å². The largest absolute Gasteiger partial charge is 0.426 e. The van der Waals surface area contributed by atoms with Gasteiger partial charge in [-0.3, -0.25) is 14.5 Å². The summed E-state index contributed by atoms with van der Waals surface area (Å²) in [6, 6.07) is 14.6. The van der Waals surface area contributed by atoms with Crippen LogP contribution >= 0.6 is 62.6 Å². The van der Waals surface area contributed by atoms with Crippen LogP contribution in [0.3, 0.4) is 0 Å². The summed E-state index contributed by atoms with van der Waals surface area (Å²) < 4.78 is 12.8. The van der Waals surface area contributed by atoms with Gasteiger partial charge < -0.3 is 9.15 Å². The van der Waals surface area contributed by atoms with E-state index in [0.29, 0.717) is 30.8 Å². The van der Waals surface area contributed by atoms with E-state index in [0.717, 1.165) is 26.3 Å². The molecule has 1 amide bonds. The molecule has 1 aliphatic heterocycles. The molecule has 0 unspecified atom stereocenters. The Kier molecular flexibility index (Phi) is 7.03. The van der Waals surface area contributed by atoms with Gasteiger partial charge in [0, 0.05) is 27.5 Å². The van der Waals surface area contributed by atoms with Gasteiger partial charge >= 0.3 is 10.9 Å². The van der Waals surface area contributed by atoms with Gasteiger partial charge in [-0.25, -0.2) is 4.79 Å². The Labute approximate surface area is 225 Å². The minimum Gasteiger partial charge on any atom is -0.426 e. The smallest absolute Gasteiger partial charge is 0.396 e. The van der Waals surface area contributed by atoms with Gasteiger partial charge in [0.15, 0.2) is 5.58 Å². The van der Waals surface area contributed by atoms with Gasteiger partial charge in [0.1, 0.15) is 10.1 Å². The van der Waals surface area contributed by atoms with Crippen LogP contribution in [0.25, 0.3) is 27.5 Å². The number of carbonyl (C=O) groups excluding carboxylic acids is 2. The quantitative estimate of drug-likeness (QED) is 0.107. The van der Waals surface area contributed by atoms with Gasteiger partial charge in [0.05, 0.1) is 16.0 Å². The highest BCUT2D eigenvalue weighted by atomic mass is 79.9. The number of nitrogens with zero attached hydrogens (tertiary/aromatic N) is 1. The zero-order chi connectivity index (χ0) is 24.5. The molecule has 4 aromatic rings. The Hall–Kier alpha value is -2.57. The van der Waals surface area contributed by atoms with Crippen molar-refractivity contribution in [3.63, 3.8) is 0 Å². The first-order chi connectivity index (χ1) is 16.9. The van der Waals surface area contributed by atoms with E-state index in [-0.39, 0.29) is 18.9 Å². The van der Waals surface area contributed by atoms with Crippen molar-refractivity contribution < 1.29 is 18.7 Å². The molecule has 11 heteroatoms. The third-order valence-corrected chi connectivity index (χ3v) is 8.52. The lowest BCUT2D eigenvalue weighted by Gasteiger charge is -2.14. The molecule has 2 aromatic carbocycles. The highest BCUT2D eigenvalue weighted by molar-refractivity contribution is 9.10. The molecule has 0 radical (unpaired) electrons. The molecule has 1 fully saturated rings. The van der Waals surface area contributed by atoms with E-state index in [2.05, 4.69) is 15.9 Å². The summed E-state index contributed by atoms with van der Waals surface area (Å²) in [6.45, 7) is 0.117. The Morgan fingerprint density at radius 3 is 2.71 bits per heavy atom. The molecule has 1 aliphatic rings. The average Bonchev–Trinajstić information content (AvgIpc) is 3.53. The molecule has 35 heavy (non-hydrogen) atoms. The Balaban J connectivity index is 1.31. The number of amides is 1. The topological polar surface area (TPSA) is 76.8 Å². The number of rotatable bonds is 6. The molecule has 2 aromatic heterocycles. The van der Waals surface area contributed by atoms with Gasteiger partial charge in [0.2, 0.25) is 0 Å². The first-order valence-electron chi connectivity index (χ1n) is 10.2. The molecule has 0 aliphatic carbocycles. The number of esters is 1. The first kappa shape index (κ1) is 24.1. The molecule has 176 valence electrons. The Morgan fingerprint density at radius 2 is 1.97 bits per heavy atom. The summed E-state index contributed by atoms with van der Waals surface area (Å²) in [5, 5.41) is 1.93. The average molecular weight is 605 g/mol. The second-order valence-electron chi connectivity index (χ2n) is 7.33. The van der Waals surface area contributed by atoms with E-state index in [4.69, 9.17) is 21.4 Å². The van der Waals surface area contributed by atoms with E-state index < -0.39 is 10.9 Å². The lowest BCUT2D eigenvalue weighted by molar-refractivity contribution is -0.134. The van der Waals surface area contributed by atoms with Crippen LogP contribution in [0.15, 0.2) is 72.5 Å². The van der Waals surface area contributed by atoms with E-state index in [9.17, 15) is 14.4 Å². The van der Waals surface area contributed by atoms with E-state index in [1.54, 1.807) is 18.2 Å². The number of halogens is 1. The lowest BCUT2D eigenvalue weighted by Crippen LogP contribution is -2.31. The standard InChI is InChI=1S/C24H14BrNO5S4/c25-14-5-3-13(4-6-14)17-10-15(11-18-21(17)31-24(29)35-18)30-20(27)7-8-26-22(28)19(34-23(26)32)12-16-2-1-9-33-16/h1-6,9-12H,7-8H2. The van der Waals surface area contributed by atoms with E-state index in [1.165, 1.54) is 28.0 Å². The predicted octanol–water partition coefficient (Wildman–Crippen LogP) is 6.54. The zero-order valence-corrected chi connectivity index (χ0v) is 22.5. The summed E-state index contributed by atoms with van der Waals surface area (Å²) in [4.78, 5) is 39.7. The minimum atomic E-state index is -0.516. The fraction of sp³-hybridized carbons (Fsp3) is 0.0833. The van der Waals surface area contributed by atoms with Gasteiger partial charge in [-0.15, -0.1) is 11.3 Å². The van der Waals surface area contributed by atoms with Crippen molar-refractivity contribution in [1.82, 2.24) is 4.90 Å². The van der Waals surface area contributed by atoms with Crippen LogP contribution in [-0.2, 0) is 9.59 Å². The fourth-order valence-electron chi connectivity index (χ4n) is 3.44. The second kappa shape index (κ2) is 10.2. The normalized spacial score (nSPS) is 14.9. The minimum absolute atomic E-state index is 0.0357. The maximum atomic E-state index is 12.7.